The van der Waals surface area contributed by atoms with Crippen molar-refractivity contribution >= 4 is 31.3 Å². The van der Waals surface area contributed by atoms with Crippen LogP contribution in [0.2, 0.25) is 5.02 Å². The van der Waals surface area contributed by atoms with Crippen LogP contribution in [0.25, 0.3) is 0 Å². The average molecular weight is 393 g/mol. The topological polar surface area (TPSA) is 83.6 Å². The molecule has 0 aromatic heterocycles. The summed E-state index contributed by atoms with van der Waals surface area (Å²) in [7, 11) is -6.03. The Bertz CT molecular complexity index is 811. The molecular formula is C15H21ClN2O4S2. The summed E-state index contributed by atoms with van der Waals surface area (Å²) in [6, 6.07) is 7.06. The van der Waals surface area contributed by atoms with Crippen LogP contribution >= 0.6 is 11.6 Å². The SMILES string of the molecule is O=S1(=O)CC[C@@H](NN(Cc2ccccc2Cl)[C@H]2CCS(=O)(=O)C2)C1. The monoisotopic (exact) mass is 392 g/mol. The molecule has 1 N–H and O–H groups in total. The van der Waals surface area contributed by atoms with E-state index in [9.17, 15) is 16.8 Å². The van der Waals surface area contributed by atoms with Crippen molar-refractivity contribution in [1.82, 2.24) is 10.4 Å². The van der Waals surface area contributed by atoms with E-state index in [1.165, 1.54) is 0 Å². The van der Waals surface area contributed by atoms with Crippen LogP contribution < -0.4 is 5.43 Å². The van der Waals surface area contributed by atoms with E-state index in [1.807, 2.05) is 23.2 Å². The molecule has 2 heterocycles. The lowest BCUT2D eigenvalue weighted by Crippen LogP contribution is -2.50. The van der Waals surface area contributed by atoms with Crippen molar-refractivity contribution in [2.75, 3.05) is 23.0 Å². The number of hydrazine groups is 1. The lowest BCUT2D eigenvalue weighted by molar-refractivity contribution is 0.108. The second kappa shape index (κ2) is 6.92. The highest BCUT2D eigenvalue weighted by atomic mass is 35.5. The summed E-state index contributed by atoms with van der Waals surface area (Å²) >= 11 is 6.22. The van der Waals surface area contributed by atoms with E-state index in [4.69, 9.17) is 11.6 Å². The molecule has 0 radical (unpaired) electrons. The van der Waals surface area contributed by atoms with Gasteiger partial charge in [-0.25, -0.2) is 21.8 Å². The number of halogens is 1. The van der Waals surface area contributed by atoms with Gasteiger partial charge in [0.1, 0.15) is 0 Å². The minimum atomic E-state index is -3.03. The molecule has 1 aromatic carbocycles. The summed E-state index contributed by atoms with van der Waals surface area (Å²) < 4.78 is 47.0. The Hall–Kier alpha value is -0.670. The summed E-state index contributed by atoms with van der Waals surface area (Å²) in [5, 5.41) is 2.49. The van der Waals surface area contributed by atoms with Gasteiger partial charge in [-0.05, 0) is 24.5 Å². The number of rotatable bonds is 5. The molecule has 1 aromatic rings. The van der Waals surface area contributed by atoms with E-state index in [1.54, 1.807) is 6.07 Å². The highest BCUT2D eigenvalue weighted by Gasteiger charge is 2.35. The predicted octanol–water partition coefficient (Wildman–Crippen LogP) is 1.02. The van der Waals surface area contributed by atoms with Crippen LogP contribution in [0, 0.1) is 0 Å². The zero-order valence-electron chi connectivity index (χ0n) is 13.2. The summed E-state index contributed by atoms with van der Waals surface area (Å²) in [6.45, 7) is 0.441. The van der Waals surface area contributed by atoms with Gasteiger partial charge in [-0.15, -0.1) is 0 Å². The molecule has 134 valence electrons. The molecule has 2 atom stereocenters. The van der Waals surface area contributed by atoms with Crippen LogP contribution in [-0.4, -0.2) is 56.9 Å². The largest absolute Gasteiger partial charge is 0.250 e. The van der Waals surface area contributed by atoms with Gasteiger partial charge in [-0.1, -0.05) is 29.8 Å². The van der Waals surface area contributed by atoms with Crippen molar-refractivity contribution in [3.63, 3.8) is 0 Å². The van der Waals surface area contributed by atoms with Crippen LogP contribution in [0.1, 0.15) is 18.4 Å². The van der Waals surface area contributed by atoms with E-state index in [0.29, 0.717) is 24.4 Å². The molecular weight excluding hydrogens is 372 g/mol. The summed E-state index contributed by atoms with van der Waals surface area (Å²) in [4.78, 5) is 0. The van der Waals surface area contributed by atoms with Crippen molar-refractivity contribution in [2.45, 2.75) is 31.5 Å². The maximum absolute atomic E-state index is 11.8. The first kappa shape index (κ1) is 18.1. The third-order valence-electron chi connectivity index (χ3n) is 4.53. The minimum absolute atomic E-state index is 0.0872. The second-order valence-electron chi connectivity index (χ2n) is 6.51. The lowest BCUT2D eigenvalue weighted by Gasteiger charge is -2.31. The fraction of sp³-hybridized carbons (Fsp3) is 0.600. The van der Waals surface area contributed by atoms with Gasteiger partial charge < -0.3 is 0 Å². The number of nitrogens with one attached hydrogen (secondary N) is 1. The molecule has 9 heteroatoms. The maximum atomic E-state index is 11.8. The Kier molecular flexibility index (Phi) is 5.22. The summed E-state index contributed by atoms with van der Waals surface area (Å²) in [5.74, 6) is 0.518. The normalized spacial score (nSPS) is 28.4. The molecule has 2 aliphatic heterocycles. The zero-order valence-corrected chi connectivity index (χ0v) is 15.6. The van der Waals surface area contributed by atoms with Crippen molar-refractivity contribution in [3.8, 4) is 0 Å². The predicted molar refractivity (Wildman–Crippen MR) is 94.2 cm³/mol. The standard InChI is InChI=1S/C15H21ClN2O4S2/c16-15-4-2-1-3-12(15)9-18(14-6-8-24(21,22)11-14)17-13-5-7-23(19,20)10-13/h1-4,13-14,17H,5-11H2/t13-,14+/m1/s1. The fourth-order valence-electron chi connectivity index (χ4n) is 3.24. The zero-order chi connectivity index (χ0) is 17.4. The van der Waals surface area contributed by atoms with Crippen LogP contribution in [0.5, 0.6) is 0 Å². The van der Waals surface area contributed by atoms with E-state index >= 15 is 0 Å². The van der Waals surface area contributed by atoms with E-state index in [2.05, 4.69) is 5.43 Å². The lowest BCUT2D eigenvalue weighted by atomic mass is 10.2. The smallest absolute Gasteiger partial charge is 0.151 e. The maximum Gasteiger partial charge on any atom is 0.151 e. The van der Waals surface area contributed by atoms with Crippen LogP contribution in [0.3, 0.4) is 0 Å². The molecule has 2 fully saturated rings. The second-order valence-corrected chi connectivity index (χ2v) is 11.4. The quantitative estimate of drug-likeness (QED) is 0.753. The van der Waals surface area contributed by atoms with Gasteiger partial charge in [0.05, 0.1) is 23.0 Å². The third-order valence-corrected chi connectivity index (χ3v) is 8.42. The first-order chi connectivity index (χ1) is 11.2. The molecule has 0 bridgehead atoms. The molecule has 0 aliphatic carbocycles. The van der Waals surface area contributed by atoms with Crippen molar-refractivity contribution in [3.05, 3.63) is 34.9 Å². The number of hydrogen-bond acceptors (Lipinski definition) is 6. The molecule has 0 saturated carbocycles. The minimum Gasteiger partial charge on any atom is -0.250 e. The number of nitrogens with zero attached hydrogens (tertiary/aromatic N) is 1. The molecule has 0 amide bonds. The molecule has 6 nitrogen and oxygen atoms in total. The van der Waals surface area contributed by atoms with Gasteiger partial charge in [0.2, 0.25) is 0 Å². The van der Waals surface area contributed by atoms with Crippen molar-refractivity contribution < 1.29 is 16.8 Å². The molecule has 2 aliphatic rings. The molecule has 0 spiro atoms. The van der Waals surface area contributed by atoms with Crippen LogP contribution in [-0.2, 0) is 26.2 Å². The molecule has 2 saturated heterocycles. The molecule has 24 heavy (non-hydrogen) atoms. The summed E-state index contributed by atoms with van der Waals surface area (Å²) in [5.41, 5.74) is 4.14. The Labute approximate surface area is 148 Å². The summed E-state index contributed by atoms with van der Waals surface area (Å²) in [6.07, 6.45) is 1.08. The Morgan fingerprint density at radius 3 is 2.29 bits per heavy atom. The van der Waals surface area contributed by atoms with E-state index in [0.717, 1.165) is 5.56 Å². The van der Waals surface area contributed by atoms with Crippen molar-refractivity contribution in [1.29, 1.82) is 0 Å². The van der Waals surface area contributed by atoms with Crippen LogP contribution in [0.15, 0.2) is 24.3 Å². The first-order valence-electron chi connectivity index (χ1n) is 7.91. The van der Waals surface area contributed by atoms with Gasteiger partial charge in [-0.2, -0.15) is 0 Å². The Morgan fingerprint density at radius 1 is 1.04 bits per heavy atom. The van der Waals surface area contributed by atoms with Gasteiger partial charge in [0.25, 0.3) is 0 Å². The van der Waals surface area contributed by atoms with Gasteiger partial charge >= 0.3 is 0 Å². The fourth-order valence-corrected chi connectivity index (χ4v) is 6.83. The average Bonchev–Trinajstić information content (AvgIpc) is 3.02. The Balaban J connectivity index is 1.77. The molecule has 0 unspecified atom stereocenters. The first-order valence-corrected chi connectivity index (χ1v) is 11.9. The number of sulfone groups is 2. The number of hydrogen-bond donors (Lipinski definition) is 1. The van der Waals surface area contributed by atoms with Gasteiger partial charge in [0, 0.05) is 23.7 Å². The van der Waals surface area contributed by atoms with Gasteiger partial charge in [-0.3, -0.25) is 5.43 Å². The van der Waals surface area contributed by atoms with Crippen LogP contribution in [0.4, 0.5) is 0 Å². The van der Waals surface area contributed by atoms with E-state index < -0.39 is 19.7 Å². The number of benzene rings is 1. The Morgan fingerprint density at radius 2 is 1.71 bits per heavy atom. The van der Waals surface area contributed by atoms with E-state index in [-0.39, 0.29) is 35.1 Å². The highest BCUT2D eigenvalue weighted by molar-refractivity contribution is 7.91. The third kappa shape index (κ3) is 4.49. The molecule has 3 rings (SSSR count). The van der Waals surface area contributed by atoms with Gasteiger partial charge in [0.15, 0.2) is 19.7 Å². The van der Waals surface area contributed by atoms with Crippen molar-refractivity contribution in [2.24, 2.45) is 0 Å². The highest BCUT2D eigenvalue weighted by Crippen LogP contribution is 2.23.